The zero-order valence-electron chi connectivity index (χ0n) is 41.6. The maximum absolute atomic E-state index is 6.59. The van der Waals surface area contributed by atoms with Gasteiger partial charge in [0.2, 0.25) is 0 Å². The van der Waals surface area contributed by atoms with Gasteiger partial charge in [0.1, 0.15) is 0 Å². The lowest BCUT2D eigenvalue weighted by atomic mass is 9.47. The van der Waals surface area contributed by atoms with Crippen LogP contribution in [0.25, 0.3) is 0 Å². The van der Waals surface area contributed by atoms with Crippen LogP contribution in [0.3, 0.4) is 0 Å². The number of hydrogen-bond acceptors (Lipinski definition) is 4. The van der Waals surface area contributed by atoms with E-state index in [1.807, 2.05) is 0 Å². The summed E-state index contributed by atoms with van der Waals surface area (Å²) >= 11 is 0. The Hall–Kier alpha value is -0.680. The molecule has 9 atom stereocenters. The van der Waals surface area contributed by atoms with E-state index in [9.17, 15) is 0 Å². The van der Waals surface area contributed by atoms with Gasteiger partial charge in [-0.15, -0.1) is 0 Å². The Morgan fingerprint density at radius 3 is 1.88 bits per heavy atom. The van der Waals surface area contributed by atoms with Gasteiger partial charge in [0.05, 0.1) is 25.4 Å². The van der Waals surface area contributed by atoms with E-state index in [2.05, 4.69) is 78.8 Å². The predicted molar refractivity (Wildman–Crippen MR) is 260 cm³/mol. The molecule has 0 aromatic heterocycles. The summed E-state index contributed by atoms with van der Waals surface area (Å²) in [5.41, 5.74) is 2.78. The number of rotatable bonds is 34. The number of allylic oxidation sites excluding steroid dienone is 3. The molecule has 4 aliphatic carbocycles. The number of nitrogens with zero attached hydrogens (tertiary/aromatic N) is 1. The van der Waals surface area contributed by atoms with Crippen molar-refractivity contribution in [3.05, 3.63) is 23.8 Å². The number of fused-ring (bicyclic) bond motifs is 5. The Morgan fingerprint density at radius 2 is 1.27 bits per heavy atom. The molecule has 0 aromatic carbocycles. The molecule has 0 N–H and O–H groups in total. The molecule has 0 radical (unpaired) electrons. The van der Waals surface area contributed by atoms with Crippen LogP contribution in [0.4, 0.5) is 0 Å². The van der Waals surface area contributed by atoms with Crippen molar-refractivity contribution in [2.45, 2.75) is 240 Å². The molecule has 0 saturated heterocycles. The fourth-order valence-corrected chi connectivity index (χ4v) is 12.9. The van der Waals surface area contributed by atoms with E-state index in [-0.39, 0.29) is 0 Å². The zero-order valence-corrected chi connectivity index (χ0v) is 41.6. The minimum atomic E-state index is 0.335. The van der Waals surface area contributed by atoms with Crippen molar-refractivity contribution in [1.82, 2.24) is 4.90 Å². The average Bonchev–Trinajstić information content (AvgIpc) is 3.59. The normalized spacial score (nSPS) is 28.9. The molecule has 4 heteroatoms. The number of likely N-dealkylation sites (N-methyl/N-ethyl adjacent to an activating group) is 1. The highest BCUT2D eigenvalue weighted by Gasteiger charge is 2.59. The van der Waals surface area contributed by atoms with Crippen molar-refractivity contribution >= 4 is 0 Å². The maximum atomic E-state index is 6.59. The molecule has 4 aliphatic rings. The minimum absolute atomic E-state index is 0.335. The van der Waals surface area contributed by atoms with Crippen LogP contribution in [0.5, 0.6) is 0 Å². The second-order valence-electron chi connectivity index (χ2n) is 22.1. The van der Waals surface area contributed by atoms with Crippen LogP contribution < -0.4 is 0 Å². The predicted octanol–water partition coefficient (Wildman–Crippen LogP) is 16.0. The van der Waals surface area contributed by atoms with Crippen LogP contribution >= 0.6 is 0 Å². The first-order valence-electron chi connectivity index (χ1n) is 26.9. The standard InChI is InChI=1S/C56H103NO3/c1-9-10-11-12-13-14-15-16-17-18-19-20-21-22-23-26-40-58-44-49(57(7)8)45-59-41-27-24-25-28-42-60-50-36-38-55(5)48(43-50)32-33-51-53-35-34-52(47(4)31-29-30-46(2)3)56(53,6)39-37-54(51)55/h16-17,32,46-47,49-54H,9-15,18-31,33-45H2,1-8H3/b17-16-/t47?,49-,50-,51?,52?,53?,54?,55-,56+/m0/s1. The summed E-state index contributed by atoms with van der Waals surface area (Å²) < 4.78 is 18.8. The molecule has 0 spiro atoms. The summed E-state index contributed by atoms with van der Waals surface area (Å²) in [5, 5.41) is 0. The van der Waals surface area contributed by atoms with Crippen molar-refractivity contribution < 1.29 is 14.2 Å². The van der Waals surface area contributed by atoms with E-state index >= 15 is 0 Å². The molecule has 4 nitrogen and oxygen atoms in total. The first-order valence-corrected chi connectivity index (χ1v) is 26.9. The topological polar surface area (TPSA) is 30.9 Å². The van der Waals surface area contributed by atoms with E-state index in [1.54, 1.807) is 5.57 Å². The number of unbranched alkanes of at least 4 members (excludes halogenated alkanes) is 15. The second-order valence-corrected chi connectivity index (χ2v) is 22.1. The van der Waals surface area contributed by atoms with Crippen molar-refractivity contribution in [2.24, 2.45) is 46.3 Å². The average molecular weight is 838 g/mol. The van der Waals surface area contributed by atoms with Gasteiger partial charge in [0, 0.05) is 19.8 Å². The van der Waals surface area contributed by atoms with Gasteiger partial charge in [-0.05, 0) is 157 Å². The third kappa shape index (κ3) is 17.0. The van der Waals surface area contributed by atoms with Gasteiger partial charge in [0.15, 0.2) is 0 Å². The maximum Gasteiger partial charge on any atom is 0.0644 e. The number of hydrogen-bond donors (Lipinski definition) is 0. The van der Waals surface area contributed by atoms with Crippen LogP contribution in [-0.4, -0.2) is 64.2 Å². The molecule has 3 fully saturated rings. The van der Waals surface area contributed by atoms with E-state index in [1.165, 1.54) is 180 Å². The molecule has 60 heavy (non-hydrogen) atoms. The van der Waals surface area contributed by atoms with Gasteiger partial charge in [-0.1, -0.05) is 155 Å². The van der Waals surface area contributed by atoms with Crippen LogP contribution in [0.2, 0.25) is 0 Å². The Labute approximate surface area is 375 Å². The Bertz CT molecular complexity index is 1160. The Morgan fingerprint density at radius 1 is 0.667 bits per heavy atom. The highest BCUT2D eigenvalue weighted by molar-refractivity contribution is 5.25. The molecular weight excluding hydrogens is 735 g/mol. The van der Waals surface area contributed by atoms with E-state index in [0.717, 1.165) is 75.0 Å². The fourth-order valence-electron chi connectivity index (χ4n) is 12.9. The second kappa shape index (κ2) is 29.0. The summed E-state index contributed by atoms with van der Waals surface area (Å²) in [7, 11) is 4.31. The monoisotopic (exact) mass is 838 g/mol. The van der Waals surface area contributed by atoms with Gasteiger partial charge in [-0.25, -0.2) is 0 Å². The van der Waals surface area contributed by atoms with Crippen LogP contribution in [0, 0.1) is 46.3 Å². The summed E-state index contributed by atoms with van der Waals surface area (Å²) in [6.07, 6.45) is 47.0. The van der Waals surface area contributed by atoms with Crippen LogP contribution in [0.15, 0.2) is 23.8 Å². The lowest BCUT2D eigenvalue weighted by Crippen LogP contribution is -2.51. The summed E-state index contributed by atoms with van der Waals surface area (Å²) in [6.45, 7) is 19.3. The van der Waals surface area contributed by atoms with E-state index in [4.69, 9.17) is 14.2 Å². The van der Waals surface area contributed by atoms with Crippen LogP contribution in [0.1, 0.15) is 228 Å². The number of ether oxygens (including phenoxy) is 3. The fraction of sp³-hybridized carbons (Fsp3) is 0.929. The van der Waals surface area contributed by atoms with Crippen molar-refractivity contribution in [3.63, 3.8) is 0 Å². The first kappa shape index (κ1) is 51.9. The minimum Gasteiger partial charge on any atom is -0.380 e. The highest BCUT2D eigenvalue weighted by atomic mass is 16.5. The third-order valence-electron chi connectivity index (χ3n) is 16.9. The summed E-state index contributed by atoms with van der Waals surface area (Å²) in [6, 6.07) is 0.335. The van der Waals surface area contributed by atoms with Gasteiger partial charge >= 0.3 is 0 Å². The SMILES string of the molecule is CCCCCCCC/C=C\CCCCCCCCOC[C@@H](COCCCCCCO[C@H]1CC[C@@]2(C)C(=CCC3C4CCC(C(C)CCCC(C)C)[C@@]4(C)CCC32)C1)N(C)C. The zero-order chi connectivity index (χ0) is 43.1. The molecule has 0 heterocycles. The first-order chi connectivity index (χ1) is 29.1. The largest absolute Gasteiger partial charge is 0.380 e. The molecule has 0 aliphatic heterocycles. The van der Waals surface area contributed by atoms with Gasteiger partial charge in [-0.2, -0.15) is 0 Å². The van der Waals surface area contributed by atoms with Gasteiger partial charge in [0.25, 0.3) is 0 Å². The summed E-state index contributed by atoms with van der Waals surface area (Å²) in [5.74, 6) is 5.48. The lowest BCUT2D eigenvalue weighted by molar-refractivity contribution is -0.0641. The third-order valence-corrected chi connectivity index (χ3v) is 16.9. The van der Waals surface area contributed by atoms with Crippen LogP contribution in [-0.2, 0) is 14.2 Å². The van der Waals surface area contributed by atoms with Gasteiger partial charge in [-0.3, -0.25) is 0 Å². The molecule has 5 unspecified atom stereocenters. The van der Waals surface area contributed by atoms with Crippen molar-refractivity contribution in [3.8, 4) is 0 Å². The molecule has 3 saturated carbocycles. The van der Waals surface area contributed by atoms with Crippen molar-refractivity contribution in [2.75, 3.05) is 47.1 Å². The van der Waals surface area contributed by atoms with Gasteiger partial charge < -0.3 is 19.1 Å². The quantitative estimate of drug-likeness (QED) is 0.0477. The molecular formula is C56H103NO3. The smallest absolute Gasteiger partial charge is 0.0644 e. The van der Waals surface area contributed by atoms with Crippen molar-refractivity contribution in [1.29, 1.82) is 0 Å². The molecule has 4 rings (SSSR count). The highest BCUT2D eigenvalue weighted by Crippen LogP contribution is 2.67. The summed E-state index contributed by atoms with van der Waals surface area (Å²) in [4.78, 5) is 2.26. The molecule has 0 aromatic rings. The lowest BCUT2D eigenvalue weighted by Gasteiger charge is -2.58. The molecule has 350 valence electrons. The Kier molecular flexibility index (Phi) is 25.1. The molecule has 0 amide bonds. The molecule has 0 bridgehead atoms. The Balaban J connectivity index is 0.976. The van der Waals surface area contributed by atoms with E-state index < -0.39 is 0 Å². The van der Waals surface area contributed by atoms with E-state index in [0.29, 0.717) is 23.0 Å².